The summed E-state index contributed by atoms with van der Waals surface area (Å²) in [5, 5.41) is 3.90. The second kappa shape index (κ2) is 6.78. The molecule has 0 aromatic heterocycles. The van der Waals surface area contributed by atoms with Crippen LogP contribution in [-0.2, 0) is 0 Å². The zero-order valence-corrected chi connectivity index (χ0v) is 11.9. The summed E-state index contributed by atoms with van der Waals surface area (Å²) in [7, 11) is 0. The molecule has 1 nitrogen and oxygen atoms in total. The van der Waals surface area contributed by atoms with Crippen molar-refractivity contribution in [1.82, 2.24) is 5.32 Å². The minimum absolute atomic E-state index is 0.856. The van der Waals surface area contributed by atoms with E-state index in [1.54, 1.807) is 0 Å². The van der Waals surface area contributed by atoms with E-state index in [9.17, 15) is 0 Å². The van der Waals surface area contributed by atoms with Crippen molar-refractivity contribution in [1.29, 1.82) is 0 Å². The zero-order valence-electron chi connectivity index (χ0n) is 11.9. The van der Waals surface area contributed by atoms with Crippen molar-refractivity contribution in [2.24, 2.45) is 17.8 Å². The lowest BCUT2D eigenvalue weighted by molar-refractivity contribution is 0.255. The fourth-order valence-corrected chi connectivity index (χ4v) is 4.16. The van der Waals surface area contributed by atoms with E-state index in [2.05, 4.69) is 19.2 Å². The molecule has 3 atom stereocenters. The highest BCUT2D eigenvalue weighted by atomic mass is 14.9. The van der Waals surface area contributed by atoms with E-state index in [4.69, 9.17) is 0 Å². The highest BCUT2D eigenvalue weighted by molar-refractivity contribution is 4.90. The molecule has 1 heteroatoms. The Morgan fingerprint density at radius 2 is 1.76 bits per heavy atom. The topological polar surface area (TPSA) is 12.0 Å². The van der Waals surface area contributed by atoms with Crippen LogP contribution >= 0.6 is 0 Å². The summed E-state index contributed by atoms with van der Waals surface area (Å²) in [6.45, 7) is 5.90. The van der Waals surface area contributed by atoms with Gasteiger partial charge in [0.25, 0.3) is 0 Å². The molecule has 0 bridgehead atoms. The third-order valence-electron chi connectivity index (χ3n) is 5.20. The van der Waals surface area contributed by atoms with Crippen LogP contribution in [-0.4, -0.2) is 12.6 Å². The highest BCUT2D eigenvalue weighted by Gasteiger charge is 2.35. The Labute approximate surface area is 108 Å². The molecule has 100 valence electrons. The maximum atomic E-state index is 3.90. The summed E-state index contributed by atoms with van der Waals surface area (Å²) in [4.78, 5) is 0. The van der Waals surface area contributed by atoms with Crippen LogP contribution in [0.2, 0.25) is 0 Å². The van der Waals surface area contributed by atoms with E-state index in [1.807, 2.05) is 0 Å². The summed E-state index contributed by atoms with van der Waals surface area (Å²) >= 11 is 0. The van der Waals surface area contributed by atoms with Crippen LogP contribution in [0.15, 0.2) is 0 Å². The largest absolute Gasteiger partial charge is 0.313 e. The maximum Gasteiger partial charge on any atom is 0.0124 e. The Morgan fingerprint density at radius 3 is 2.35 bits per heavy atom. The minimum Gasteiger partial charge on any atom is -0.313 e. The maximum absolute atomic E-state index is 3.90. The van der Waals surface area contributed by atoms with Gasteiger partial charge >= 0.3 is 0 Å². The standard InChI is InChI=1S/C16H31N/c1-3-11-17-16(14-7-5-6-8-14)15-10-9-13(4-2)12-15/h13-17H,3-12H2,1-2H3. The van der Waals surface area contributed by atoms with E-state index < -0.39 is 0 Å². The van der Waals surface area contributed by atoms with Crippen LogP contribution in [0.5, 0.6) is 0 Å². The smallest absolute Gasteiger partial charge is 0.0124 e. The molecule has 0 radical (unpaired) electrons. The van der Waals surface area contributed by atoms with Gasteiger partial charge < -0.3 is 5.32 Å². The molecular formula is C16H31N. The van der Waals surface area contributed by atoms with Gasteiger partial charge in [0.1, 0.15) is 0 Å². The fraction of sp³-hybridized carbons (Fsp3) is 1.00. The Balaban J connectivity index is 1.89. The lowest BCUT2D eigenvalue weighted by Gasteiger charge is -2.30. The number of hydrogen-bond acceptors (Lipinski definition) is 1. The minimum atomic E-state index is 0.856. The van der Waals surface area contributed by atoms with Crippen LogP contribution in [0.25, 0.3) is 0 Å². The summed E-state index contributed by atoms with van der Waals surface area (Å²) in [6, 6.07) is 0.856. The van der Waals surface area contributed by atoms with E-state index in [0.717, 1.165) is 23.8 Å². The molecule has 3 unspecified atom stereocenters. The first kappa shape index (κ1) is 13.4. The van der Waals surface area contributed by atoms with Gasteiger partial charge in [0.2, 0.25) is 0 Å². The quantitative estimate of drug-likeness (QED) is 0.723. The average Bonchev–Trinajstić information content (AvgIpc) is 3.00. The SMILES string of the molecule is CCCNC(C1CCCC1)C1CCC(CC)C1. The van der Waals surface area contributed by atoms with Crippen molar-refractivity contribution >= 4 is 0 Å². The Morgan fingerprint density at radius 1 is 1.00 bits per heavy atom. The predicted molar refractivity (Wildman–Crippen MR) is 75.2 cm³/mol. The normalized spacial score (nSPS) is 32.1. The lowest BCUT2D eigenvalue weighted by Crippen LogP contribution is -2.41. The molecule has 17 heavy (non-hydrogen) atoms. The molecule has 0 aromatic rings. The number of rotatable bonds is 6. The van der Waals surface area contributed by atoms with Crippen LogP contribution in [0, 0.1) is 17.8 Å². The molecule has 2 rings (SSSR count). The van der Waals surface area contributed by atoms with Gasteiger partial charge in [-0.15, -0.1) is 0 Å². The predicted octanol–water partition coefficient (Wildman–Crippen LogP) is 4.37. The van der Waals surface area contributed by atoms with Crippen molar-refractivity contribution in [2.75, 3.05) is 6.54 Å². The van der Waals surface area contributed by atoms with Gasteiger partial charge in [0.15, 0.2) is 0 Å². The molecule has 0 spiro atoms. The fourth-order valence-electron chi connectivity index (χ4n) is 4.16. The van der Waals surface area contributed by atoms with E-state index in [-0.39, 0.29) is 0 Å². The Hall–Kier alpha value is -0.0400. The van der Waals surface area contributed by atoms with Crippen molar-refractivity contribution in [3.8, 4) is 0 Å². The highest BCUT2D eigenvalue weighted by Crippen LogP contribution is 2.40. The van der Waals surface area contributed by atoms with Gasteiger partial charge in [-0.2, -0.15) is 0 Å². The van der Waals surface area contributed by atoms with Crippen LogP contribution in [0.3, 0.4) is 0 Å². The second-order valence-electron chi connectivity index (χ2n) is 6.37. The molecule has 1 N–H and O–H groups in total. The van der Waals surface area contributed by atoms with Gasteiger partial charge in [-0.05, 0) is 56.4 Å². The first-order valence-electron chi connectivity index (χ1n) is 8.08. The summed E-state index contributed by atoms with van der Waals surface area (Å²) < 4.78 is 0. The van der Waals surface area contributed by atoms with Crippen molar-refractivity contribution in [2.45, 2.75) is 77.7 Å². The average molecular weight is 237 g/mol. The molecule has 2 aliphatic carbocycles. The summed E-state index contributed by atoms with van der Waals surface area (Å²) in [5.41, 5.74) is 0. The molecule has 0 aromatic carbocycles. The van der Waals surface area contributed by atoms with Gasteiger partial charge in [-0.25, -0.2) is 0 Å². The number of nitrogens with one attached hydrogen (secondary N) is 1. The molecule has 2 saturated carbocycles. The molecule has 0 saturated heterocycles. The third-order valence-corrected chi connectivity index (χ3v) is 5.20. The second-order valence-corrected chi connectivity index (χ2v) is 6.37. The van der Waals surface area contributed by atoms with Gasteiger partial charge in [-0.3, -0.25) is 0 Å². The van der Waals surface area contributed by atoms with E-state index in [1.165, 1.54) is 64.3 Å². The van der Waals surface area contributed by atoms with Gasteiger partial charge in [0.05, 0.1) is 0 Å². The van der Waals surface area contributed by atoms with Gasteiger partial charge in [0, 0.05) is 6.04 Å². The third kappa shape index (κ3) is 3.47. The van der Waals surface area contributed by atoms with Gasteiger partial charge in [-0.1, -0.05) is 39.5 Å². The van der Waals surface area contributed by atoms with Crippen LogP contribution in [0.4, 0.5) is 0 Å². The van der Waals surface area contributed by atoms with E-state index in [0.29, 0.717) is 0 Å². The first-order chi connectivity index (χ1) is 8.35. The molecule has 0 heterocycles. The molecular weight excluding hydrogens is 206 g/mol. The Kier molecular flexibility index (Phi) is 5.34. The van der Waals surface area contributed by atoms with Crippen LogP contribution in [0.1, 0.15) is 71.6 Å². The number of hydrogen-bond donors (Lipinski definition) is 1. The zero-order chi connectivity index (χ0) is 12.1. The summed E-state index contributed by atoms with van der Waals surface area (Å²) in [5.74, 6) is 3.03. The van der Waals surface area contributed by atoms with Crippen molar-refractivity contribution in [3.63, 3.8) is 0 Å². The molecule has 0 amide bonds. The van der Waals surface area contributed by atoms with Crippen LogP contribution < -0.4 is 5.32 Å². The summed E-state index contributed by atoms with van der Waals surface area (Å²) in [6.07, 6.45) is 13.2. The van der Waals surface area contributed by atoms with Crippen molar-refractivity contribution < 1.29 is 0 Å². The monoisotopic (exact) mass is 237 g/mol. The Bertz CT molecular complexity index is 208. The molecule has 2 fully saturated rings. The molecule has 0 aliphatic heterocycles. The first-order valence-corrected chi connectivity index (χ1v) is 8.08. The van der Waals surface area contributed by atoms with Crippen molar-refractivity contribution in [3.05, 3.63) is 0 Å². The van der Waals surface area contributed by atoms with E-state index >= 15 is 0 Å². The lowest BCUT2D eigenvalue weighted by atomic mass is 9.85. The molecule has 2 aliphatic rings.